The van der Waals surface area contributed by atoms with E-state index in [1.54, 1.807) is 0 Å². The lowest BCUT2D eigenvalue weighted by atomic mass is 9.82. The average Bonchev–Trinajstić information content (AvgIpc) is 2.37. The number of nitrogens with one attached hydrogen (secondary N) is 1. The molecule has 1 aromatic carbocycles. The van der Waals surface area contributed by atoms with E-state index in [-0.39, 0.29) is 5.41 Å². The van der Waals surface area contributed by atoms with Crippen LogP contribution in [-0.4, -0.2) is 31.9 Å². The number of aliphatic hydroxyl groups excluding tert-OH is 1. The molecule has 0 bridgehead atoms. The van der Waals surface area contributed by atoms with Gasteiger partial charge in [-0.25, -0.2) is 0 Å². The van der Waals surface area contributed by atoms with Crippen molar-refractivity contribution in [3.63, 3.8) is 0 Å². The number of ether oxygens (including phenoxy) is 2. The van der Waals surface area contributed by atoms with Crippen LogP contribution in [0.5, 0.6) is 11.5 Å². The minimum atomic E-state index is -0.541. The Kier molecular flexibility index (Phi) is 3.78. The maximum Gasteiger partial charge on any atom is 0.161 e. The van der Waals surface area contributed by atoms with E-state index < -0.39 is 6.10 Å². The van der Waals surface area contributed by atoms with E-state index in [4.69, 9.17) is 9.47 Å². The first-order chi connectivity index (χ1) is 8.54. The molecule has 2 rings (SSSR count). The minimum absolute atomic E-state index is 0.238. The average molecular weight is 251 g/mol. The van der Waals surface area contributed by atoms with Gasteiger partial charge in [-0.15, -0.1) is 0 Å². The molecular formula is C14H21NO3. The summed E-state index contributed by atoms with van der Waals surface area (Å²) in [6, 6.07) is 5.63. The van der Waals surface area contributed by atoms with Crippen LogP contribution in [0.4, 0.5) is 0 Å². The molecule has 4 heteroatoms. The predicted molar refractivity (Wildman–Crippen MR) is 70.1 cm³/mol. The van der Waals surface area contributed by atoms with Crippen molar-refractivity contribution in [2.24, 2.45) is 5.41 Å². The molecule has 0 amide bonds. The van der Waals surface area contributed by atoms with Gasteiger partial charge < -0.3 is 19.9 Å². The van der Waals surface area contributed by atoms with Crippen LogP contribution in [0.25, 0.3) is 0 Å². The van der Waals surface area contributed by atoms with Gasteiger partial charge in [0.05, 0.1) is 6.10 Å². The summed E-state index contributed by atoms with van der Waals surface area (Å²) in [5.74, 6) is 1.47. The molecular weight excluding hydrogens is 230 g/mol. The molecule has 2 N–H and O–H groups in total. The van der Waals surface area contributed by atoms with Crippen LogP contribution >= 0.6 is 0 Å². The molecule has 100 valence electrons. The second-order valence-electron chi connectivity index (χ2n) is 5.32. The third-order valence-electron chi connectivity index (χ3n) is 3.25. The molecule has 1 heterocycles. The summed E-state index contributed by atoms with van der Waals surface area (Å²) in [5.41, 5.74) is 0.623. The Hall–Kier alpha value is -1.26. The van der Waals surface area contributed by atoms with E-state index in [1.807, 2.05) is 39.1 Å². The Bertz CT molecular complexity index is 418. The van der Waals surface area contributed by atoms with Crippen LogP contribution in [0.3, 0.4) is 0 Å². The van der Waals surface area contributed by atoms with Crippen LogP contribution in [-0.2, 0) is 0 Å². The van der Waals surface area contributed by atoms with Crippen LogP contribution in [0.2, 0.25) is 0 Å². The molecule has 0 aromatic heterocycles. The lowest BCUT2D eigenvalue weighted by molar-refractivity contribution is 0.0501. The quantitative estimate of drug-likeness (QED) is 0.856. The van der Waals surface area contributed by atoms with E-state index in [2.05, 4.69) is 5.32 Å². The number of hydrogen-bond donors (Lipinski definition) is 2. The first-order valence-corrected chi connectivity index (χ1v) is 6.27. The van der Waals surface area contributed by atoms with E-state index in [0.29, 0.717) is 13.2 Å². The lowest BCUT2D eigenvalue weighted by Crippen LogP contribution is -2.32. The summed E-state index contributed by atoms with van der Waals surface area (Å²) in [4.78, 5) is 0. The van der Waals surface area contributed by atoms with Crippen LogP contribution in [0.1, 0.15) is 25.5 Å². The summed E-state index contributed by atoms with van der Waals surface area (Å²) in [6.45, 7) is 5.95. The Labute approximate surface area is 108 Å². The van der Waals surface area contributed by atoms with Gasteiger partial charge in [-0.05, 0) is 24.7 Å². The van der Waals surface area contributed by atoms with Gasteiger partial charge in [0.15, 0.2) is 11.5 Å². The van der Waals surface area contributed by atoms with Crippen molar-refractivity contribution in [1.29, 1.82) is 0 Å². The van der Waals surface area contributed by atoms with E-state index in [9.17, 15) is 5.11 Å². The molecule has 1 unspecified atom stereocenters. The number of fused-ring (bicyclic) bond motifs is 1. The molecule has 1 atom stereocenters. The monoisotopic (exact) mass is 251 g/mol. The van der Waals surface area contributed by atoms with Gasteiger partial charge in [0.2, 0.25) is 0 Å². The maximum atomic E-state index is 10.4. The highest BCUT2D eigenvalue weighted by atomic mass is 16.6. The fraction of sp³-hybridized carbons (Fsp3) is 0.571. The van der Waals surface area contributed by atoms with Crippen molar-refractivity contribution in [3.05, 3.63) is 23.8 Å². The van der Waals surface area contributed by atoms with Crippen molar-refractivity contribution in [2.75, 3.05) is 26.8 Å². The second-order valence-corrected chi connectivity index (χ2v) is 5.32. The lowest BCUT2D eigenvalue weighted by Gasteiger charge is -2.31. The highest BCUT2D eigenvalue weighted by Gasteiger charge is 2.29. The number of benzene rings is 1. The molecule has 0 aliphatic carbocycles. The topological polar surface area (TPSA) is 50.7 Å². The van der Waals surface area contributed by atoms with Gasteiger partial charge in [-0.1, -0.05) is 19.9 Å². The number of hydrogen-bond acceptors (Lipinski definition) is 4. The zero-order valence-electron chi connectivity index (χ0n) is 11.2. The third-order valence-corrected chi connectivity index (χ3v) is 3.25. The van der Waals surface area contributed by atoms with Crippen molar-refractivity contribution in [2.45, 2.75) is 20.0 Å². The van der Waals surface area contributed by atoms with Crippen LogP contribution < -0.4 is 14.8 Å². The van der Waals surface area contributed by atoms with E-state index in [0.717, 1.165) is 23.6 Å². The summed E-state index contributed by atoms with van der Waals surface area (Å²) in [6.07, 6.45) is -0.541. The molecule has 0 fully saturated rings. The summed E-state index contributed by atoms with van der Waals surface area (Å²) in [5, 5.41) is 13.5. The molecule has 0 radical (unpaired) electrons. The third kappa shape index (κ3) is 2.60. The zero-order chi connectivity index (χ0) is 13.2. The van der Waals surface area contributed by atoms with Gasteiger partial charge in [0.25, 0.3) is 0 Å². The Morgan fingerprint density at radius 2 is 1.94 bits per heavy atom. The number of aliphatic hydroxyl groups is 1. The SMILES string of the molecule is CNCC(C)(C)C(O)c1ccc2c(c1)OCCO2. The Balaban J connectivity index is 2.23. The molecule has 4 nitrogen and oxygen atoms in total. The molecule has 18 heavy (non-hydrogen) atoms. The molecule has 0 spiro atoms. The van der Waals surface area contributed by atoms with Crippen LogP contribution in [0.15, 0.2) is 18.2 Å². The van der Waals surface area contributed by atoms with Crippen molar-refractivity contribution in [3.8, 4) is 11.5 Å². The molecule has 0 saturated heterocycles. The summed E-state index contributed by atoms with van der Waals surface area (Å²) < 4.78 is 11.0. The first kappa shape index (κ1) is 13.2. The highest BCUT2D eigenvalue weighted by molar-refractivity contribution is 5.44. The molecule has 1 aromatic rings. The molecule has 0 saturated carbocycles. The maximum absolute atomic E-state index is 10.4. The fourth-order valence-electron chi connectivity index (χ4n) is 2.23. The van der Waals surface area contributed by atoms with Gasteiger partial charge >= 0.3 is 0 Å². The van der Waals surface area contributed by atoms with E-state index in [1.165, 1.54) is 0 Å². The Morgan fingerprint density at radius 3 is 2.61 bits per heavy atom. The fourth-order valence-corrected chi connectivity index (χ4v) is 2.23. The van der Waals surface area contributed by atoms with Gasteiger partial charge in [-0.2, -0.15) is 0 Å². The Morgan fingerprint density at radius 1 is 1.28 bits per heavy atom. The number of rotatable bonds is 4. The standard InChI is InChI=1S/C14H21NO3/c1-14(2,9-15-3)13(16)10-4-5-11-12(8-10)18-7-6-17-11/h4-5,8,13,15-16H,6-7,9H2,1-3H3. The second kappa shape index (κ2) is 5.16. The molecule has 1 aliphatic heterocycles. The normalized spacial score (nSPS) is 16.4. The smallest absolute Gasteiger partial charge is 0.161 e. The highest BCUT2D eigenvalue weighted by Crippen LogP contribution is 2.38. The summed E-state index contributed by atoms with van der Waals surface area (Å²) >= 11 is 0. The summed E-state index contributed by atoms with van der Waals surface area (Å²) in [7, 11) is 1.89. The van der Waals surface area contributed by atoms with Gasteiger partial charge in [0, 0.05) is 12.0 Å². The predicted octanol–water partition coefficient (Wildman–Crippen LogP) is 1.74. The zero-order valence-corrected chi connectivity index (χ0v) is 11.2. The first-order valence-electron chi connectivity index (χ1n) is 6.27. The van der Waals surface area contributed by atoms with Crippen LogP contribution in [0, 0.1) is 5.41 Å². The van der Waals surface area contributed by atoms with Crippen molar-refractivity contribution in [1.82, 2.24) is 5.32 Å². The van der Waals surface area contributed by atoms with Crippen molar-refractivity contribution >= 4 is 0 Å². The largest absolute Gasteiger partial charge is 0.486 e. The van der Waals surface area contributed by atoms with E-state index >= 15 is 0 Å². The van der Waals surface area contributed by atoms with Crippen molar-refractivity contribution < 1.29 is 14.6 Å². The van der Waals surface area contributed by atoms with Gasteiger partial charge in [0.1, 0.15) is 13.2 Å². The van der Waals surface area contributed by atoms with Gasteiger partial charge in [-0.3, -0.25) is 0 Å². The minimum Gasteiger partial charge on any atom is -0.486 e. The molecule has 1 aliphatic rings.